The third-order valence-electron chi connectivity index (χ3n) is 6.02. The second kappa shape index (κ2) is 6.69. The van der Waals surface area contributed by atoms with E-state index in [1.54, 1.807) is 10.9 Å². The Hall–Kier alpha value is -2.32. The zero-order chi connectivity index (χ0) is 18.3. The van der Waals surface area contributed by atoms with E-state index in [9.17, 15) is 5.11 Å². The molecule has 0 aromatic carbocycles. The molecule has 2 fully saturated rings. The molecular formula is C19H25N7O. The Morgan fingerprint density at radius 2 is 1.93 bits per heavy atom. The van der Waals surface area contributed by atoms with Gasteiger partial charge in [-0.15, -0.1) is 15.3 Å². The number of aromatic nitrogens is 6. The van der Waals surface area contributed by atoms with Gasteiger partial charge < -0.3 is 10.0 Å². The van der Waals surface area contributed by atoms with Crippen LogP contribution in [0, 0.1) is 0 Å². The topological polar surface area (TPSA) is 84.4 Å². The third kappa shape index (κ3) is 3.23. The molecule has 0 radical (unpaired) electrons. The normalized spacial score (nSPS) is 21.2. The molecule has 0 spiro atoms. The molecule has 1 aliphatic carbocycles. The van der Waals surface area contributed by atoms with Crippen LogP contribution >= 0.6 is 0 Å². The van der Waals surface area contributed by atoms with Gasteiger partial charge in [-0.25, -0.2) is 4.68 Å². The highest BCUT2D eigenvalue weighted by Gasteiger charge is 2.35. The predicted molar refractivity (Wildman–Crippen MR) is 99.7 cm³/mol. The lowest BCUT2D eigenvalue weighted by molar-refractivity contribution is 0.00273. The molecule has 1 aliphatic heterocycles. The third-order valence-corrected chi connectivity index (χ3v) is 6.02. The molecule has 3 aromatic rings. The first kappa shape index (κ1) is 16.8. The van der Waals surface area contributed by atoms with Crippen molar-refractivity contribution < 1.29 is 5.11 Å². The van der Waals surface area contributed by atoms with E-state index in [1.807, 2.05) is 28.9 Å². The average Bonchev–Trinajstić information content (AvgIpc) is 3.42. The number of rotatable bonds is 4. The summed E-state index contributed by atoms with van der Waals surface area (Å²) in [7, 11) is 0. The number of hydrogen-bond acceptors (Lipinski definition) is 6. The maximum Gasteiger partial charge on any atom is 0.178 e. The molecule has 1 saturated carbocycles. The van der Waals surface area contributed by atoms with E-state index in [1.165, 1.54) is 0 Å². The van der Waals surface area contributed by atoms with Gasteiger partial charge in [0.05, 0.1) is 5.60 Å². The monoisotopic (exact) mass is 367 g/mol. The minimum absolute atomic E-state index is 0.342. The number of piperidine rings is 1. The van der Waals surface area contributed by atoms with Gasteiger partial charge >= 0.3 is 0 Å². The van der Waals surface area contributed by atoms with Gasteiger partial charge in [0.15, 0.2) is 17.3 Å². The fourth-order valence-corrected chi connectivity index (χ4v) is 4.53. The first-order valence-corrected chi connectivity index (χ1v) is 9.87. The summed E-state index contributed by atoms with van der Waals surface area (Å²) in [4.78, 5) is 2.41. The summed E-state index contributed by atoms with van der Waals surface area (Å²) in [6.45, 7) is 2.78. The molecule has 1 saturated heterocycles. The molecule has 1 N–H and O–H groups in total. The van der Waals surface area contributed by atoms with Gasteiger partial charge in [0.1, 0.15) is 0 Å². The highest BCUT2D eigenvalue weighted by Crippen LogP contribution is 2.33. The van der Waals surface area contributed by atoms with Gasteiger partial charge in [0.25, 0.3) is 0 Å². The zero-order valence-electron chi connectivity index (χ0n) is 15.4. The van der Waals surface area contributed by atoms with Gasteiger partial charge in [-0.2, -0.15) is 9.61 Å². The van der Waals surface area contributed by atoms with Crippen molar-refractivity contribution in [2.24, 2.45) is 0 Å². The second-order valence-electron chi connectivity index (χ2n) is 7.95. The molecule has 8 nitrogen and oxygen atoms in total. The summed E-state index contributed by atoms with van der Waals surface area (Å²) in [6, 6.07) is 5.73. The van der Waals surface area contributed by atoms with Crippen molar-refractivity contribution in [2.45, 2.75) is 50.0 Å². The minimum Gasteiger partial charge on any atom is -0.389 e. The Balaban J connectivity index is 1.32. The van der Waals surface area contributed by atoms with Crippen molar-refractivity contribution in [3.63, 3.8) is 0 Å². The van der Waals surface area contributed by atoms with Crippen molar-refractivity contribution in [1.29, 1.82) is 0 Å². The van der Waals surface area contributed by atoms with Crippen LogP contribution in [0.25, 0.3) is 11.5 Å². The lowest BCUT2D eigenvalue weighted by Gasteiger charge is -2.36. The fraction of sp³-hybridized carbons (Fsp3) is 0.579. The van der Waals surface area contributed by atoms with Crippen LogP contribution in [0.15, 0.2) is 30.6 Å². The molecule has 0 atom stereocenters. The van der Waals surface area contributed by atoms with Gasteiger partial charge in [-0.05, 0) is 57.0 Å². The van der Waals surface area contributed by atoms with Crippen LogP contribution in [0.3, 0.4) is 0 Å². The predicted octanol–water partition coefficient (Wildman–Crippen LogP) is 1.79. The van der Waals surface area contributed by atoms with E-state index in [4.69, 9.17) is 5.10 Å². The molecule has 0 bridgehead atoms. The average molecular weight is 367 g/mol. The number of fused-ring (bicyclic) bond motifs is 1. The number of nitrogens with zero attached hydrogens (tertiary/aromatic N) is 7. The molecule has 8 heteroatoms. The highest BCUT2D eigenvalue weighted by molar-refractivity contribution is 5.39. The van der Waals surface area contributed by atoms with Crippen molar-refractivity contribution in [3.05, 3.63) is 36.4 Å². The minimum atomic E-state index is -0.464. The van der Waals surface area contributed by atoms with Crippen LogP contribution in [0.2, 0.25) is 0 Å². The summed E-state index contributed by atoms with van der Waals surface area (Å²) >= 11 is 0. The molecule has 0 unspecified atom stereocenters. The first-order chi connectivity index (χ1) is 13.2. The summed E-state index contributed by atoms with van der Waals surface area (Å²) in [6.07, 6.45) is 9.86. The molecule has 2 aliphatic rings. The van der Waals surface area contributed by atoms with E-state index in [0.717, 1.165) is 75.4 Å². The van der Waals surface area contributed by atoms with Crippen molar-refractivity contribution in [2.75, 3.05) is 19.6 Å². The van der Waals surface area contributed by atoms with Gasteiger partial charge in [0, 0.05) is 24.9 Å². The van der Waals surface area contributed by atoms with E-state index < -0.39 is 5.60 Å². The number of likely N-dealkylation sites (tertiary alicyclic amines) is 1. The highest BCUT2D eigenvalue weighted by atomic mass is 16.3. The summed E-state index contributed by atoms with van der Waals surface area (Å²) < 4.78 is 3.61. The first-order valence-electron chi connectivity index (χ1n) is 9.87. The molecule has 0 amide bonds. The Bertz CT molecular complexity index is 905. The van der Waals surface area contributed by atoms with Crippen molar-refractivity contribution in [1.82, 2.24) is 34.5 Å². The molecule has 3 aromatic heterocycles. The summed E-state index contributed by atoms with van der Waals surface area (Å²) in [5.74, 6) is 2.03. The Morgan fingerprint density at radius 1 is 1.11 bits per heavy atom. The van der Waals surface area contributed by atoms with Gasteiger partial charge in [-0.1, -0.05) is 12.8 Å². The van der Waals surface area contributed by atoms with Crippen LogP contribution in [0.4, 0.5) is 0 Å². The van der Waals surface area contributed by atoms with Crippen molar-refractivity contribution in [3.8, 4) is 5.82 Å². The Morgan fingerprint density at radius 3 is 2.67 bits per heavy atom. The standard InChI is InChI=1S/C19H25N7O/c27-19(8-1-2-9-19)14-24-12-6-15(7-13-24)18-22-21-16-4-5-17(23-26(16)18)25-11-3-10-20-25/h3-5,10-11,15,27H,1-2,6-9,12-14H2. The molecular weight excluding hydrogens is 342 g/mol. The van der Waals surface area contributed by atoms with Gasteiger partial charge in [-0.3, -0.25) is 0 Å². The Kier molecular flexibility index (Phi) is 4.17. The fourth-order valence-electron chi connectivity index (χ4n) is 4.53. The van der Waals surface area contributed by atoms with E-state index in [0.29, 0.717) is 5.92 Å². The smallest absolute Gasteiger partial charge is 0.178 e. The van der Waals surface area contributed by atoms with E-state index in [-0.39, 0.29) is 0 Å². The molecule has 142 valence electrons. The number of β-amino-alcohol motifs (C(OH)–C–C–N with tert-alkyl or cyclic N) is 1. The van der Waals surface area contributed by atoms with E-state index >= 15 is 0 Å². The molecule has 4 heterocycles. The van der Waals surface area contributed by atoms with Crippen molar-refractivity contribution >= 4 is 5.65 Å². The number of aliphatic hydroxyl groups is 1. The lowest BCUT2D eigenvalue weighted by Crippen LogP contribution is -2.44. The van der Waals surface area contributed by atoms with Crippen LogP contribution in [-0.4, -0.2) is 64.8 Å². The van der Waals surface area contributed by atoms with Crippen LogP contribution in [0.5, 0.6) is 0 Å². The largest absolute Gasteiger partial charge is 0.389 e. The second-order valence-corrected chi connectivity index (χ2v) is 7.95. The molecule has 5 rings (SSSR count). The number of hydrogen-bond donors (Lipinski definition) is 1. The maximum atomic E-state index is 10.7. The Labute approximate surface area is 157 Å². The quantitative estimate of drug-likeness (QED) is 0.757. The summed E-state index contributed by atoms with van der Waals surface area (Å²) in [5.41, 5.74) is 0.304. The maximum absolute atomic E-state index is 10.7. The zero-order valence-corrected chi connectivity index (χ0v) is 15.4. The molecule has 27 heavy (non-hydrogen) atoms. The van der Waals surface area contributed by atoms with Gasteiger partial charge in [0.2, 0.25) is 0 Å². The van der Waals surface area contributed by atoms with Crippen LogP contribution in [0.1, 0.15) is 50.3 Å². The summed E-state index contributed by atoms with van der Waals surface area (Å²) in [5, 5.41) is 28.4. The van der Waals surface area contributed by atoms with E-state index in [2.05, 4.69) is 20.2 Å². The van der Waals surface area contributed by atoms with Crippen LogP contribution in [-0.2, 0) is 0 Å². The SMILES string of the molecule is OC1(CN2CCC(c3nnc4ccc(-n5cccn5)nn34)CC2)CCCC1. The lowest BCUT2D eigenvalue weighted by atomic mass is 9.94. The van der Waals surface area contributed by atoms with Crippen LogP contribution < -0.4 is 0 Å².